The van der Waals surface area contributed by atoms with Crippen LogP contribution in [0.3, 0.4) is 0 Å². The van der Waals surface area contributed by atoms with Crippen molar-refractivity contribution in [1.82, 2.24) is 19.7 Å². The van der Waals surface area contributed by atoms with E-state index < -0.39 is 5.91 Å². The van der Waals surface area contributed by atoms with Gasteiger partial charge >= 0.3 is 0 Å². The minimum absolute atomic E-state index is 0.0341. The van der Waals surface area contributed by atoms with Gasteiger partial charge in [0.1, 0.15) is 16.5 Å². The topological polar surface area (TPSA) is 119 Å². The quantitative estimate of drug-likeness (QED) is 0.604. The number of aromatic nitrogens is 3. The molecule has 2 N–H and O–H groups in total. The van der Waals surface area contributed by atoms with Crippen molar-refractivity contribution in [3.05, 3.63) is 58.9 Å². The second-order valence-electron chi connectivity index (χ2n) is 7.06. The fourth-order valence-corrected chi connectivity index (χ4v) is 3.33. The van der Waals surface area contributed by atoms with Gasteiger partial charge in [-0.3, -0.25) is 14.3 Å². The molecular formula is C21H20ClN5O5. The van der Waals surface area contributed by atoms with Gasteiger partial charge in [-0.15, -0.1) is 0 Å². The van der Waals surface area contributed by atoms with Crippen LogP contribution < -0.4 is 10.1 Å². The third kappa shape index (κ3) is 4.98. The van der Waals surface area contributed by atoms with Crippen LogP contribution in [0.2, 0.25) is 5.02 Å². The highest BCUT2D eigenvalue weighted by Crippen LogP contribution is 2.31. The van der Waals surface area contributed by atoms with Crippen molar-refractivity contribution in [3.8, 4) is 17.4 Å². The average Bonchev–Trinajstić information content (AvgIpc) is 3.19. The lowest BCUT2D eigenvalue weighted by atomic mass is 10.2. The van der Waals surface area contributed by atoms with Crippen molar-refractivity contribution in [2.75, 3.05) is 31.6 Å². The molecule has 2 aromatic heterocycles. The summed E-state index contributed by atoms with van der Waals surface area (Å²) in [5.74, 6) is -0.294. The van der Waals surface area contributed by atoms with Crippen LogP contribution in [0.1, 0.15) is 20.7 Å². The van der Waals surface area contributed by atoms with Gasteiger partial charge in [-0.1, -0.05) is 11.6 Å². The van der Waals surface area contributed by atoms with E-state index in [1.54, 1.807) is 28.9 Å². The Morgan fingerprint density at radius 1 is 1.19 bits per heavy atom. The van der Waals surface area contributed by atoms with Crippen molar-refractivity contribution >= 4 is 29.2 Å². The Balaban J connectivity index is 1.49. The molecule has 1 saturated heterocycles. The van der Waals surface area contributed by atoms with E-state index in [0.29, 0.717) is 37.7 Å². The smallest absolute Gasteiger partial charge is 0.257 e. The Morgan fingerprint density at radius 2 is 1.97 bits per heavy atom. The molecule has 1 aliphatic rings. The molecule has 1 aliphatic heterocycles. The van der Waals surface area contributed by atoms with E-state index in [2.05, 4.69) is 15.4 Å². The molecule has 3 heterocycles. The monoisotopic (exact) mass is 457 g/mol. The largest absolute Gasteiger partial charge is 0.508 e. The molecule has 32 heavy (non-hydrogen) atoms. The number of halogens is 1. The number of anilines is 1. The van der Waals surface area contributed by atoms with Crippen molar-refractivity contribution < 1.29 is 24.2 Å². The lowest BCUT2D eigenvalue weighted by Crippen LogP contribution is -2.40. The van der Waals surface area contributed by atoms with Gasteiger partial charge in [0.2, 0.25) is 5.88 Å². The maximum atomic E-state index is 12.6. The summed E-state index contributed by atoms with van der Waals surface area (Å²) in [5.41, 5.74) is 0.483. The molecule has 166 valence electrons. The first-order valence-electron chi connectivity index (χ1n) is 9.74. The summed E-state index contributed by atoms with van der Waals surface area (Å²) in [6.07, 6.45) is 3.06. The number of carbonyl (C=O) groups is 2. The van der Waals surface area contributed by atoms with Gasteiger partial charge in [0.25, 0.3) is 11.8 Å². The first-order valence-corrected chi connectivity index (χ1v) is 10.1. The zero-order valence-electron chi connectivity index (χ0n) is 17.1. The average molecular weight is 458 g/mol. The summed E-state index contributed by atoms with van der Waals surface area (Å²) in [6.45, 7) is 1.98. The van der Waals surface area contributed by atoms with Gasteiger partial charge in [0.15, 0.2) is 5.82 Å². The number of morpholine rings is 1. The molecule has 0 unspecified atom stereocenters. The number of benzene rings is 1. The third-order valence-electron chi connectivity index (χ3n) is 4.68. The number of nitrogens with one attached hydrogen (secondary N) is 1. The summed E-state index contributed by atoms with van der Waals surface area (Å²) in [5, 5.41) is 16.9. The number of amides is 2. The second-order valence-corrected chi connectivity index (χ2v) is 7.47. The van der Waals surface area contributed by atoms with E-state index in [9.17, 15) is 14.7 Å². The van der Waals surface area contributed by atoms with Crippen LogP contribution in [0.15, 0.2) is 42.7 Å². The summed E-state index contributed by atoms with van der Waals surface area (Å²) < 4.78 is 12.5. The summed E-state index contributed by atoms with van der Waals surface area (Å²) in [6, 6.07) is 7.16. The number of phenols is 1. The Morgan fingerprint density at radius 3 is 2.66 bits per heavy atom. The van der Waals surface area contributed by atoms with E-state index in [1.807, 2.05) is 0 Å². The van der Waals surface area contributed by atoms with Crippen LogP contribution in [0.5, 0.6) is 17.4 Å². The van der Waals surface area contributed by atoms with E-state index in [1.165, 1.54) is 30.5 Å². The standard InChI is InChI=1S/C21H20ClN5O5/c1-26-3-2-18(25-26)24-19(29)13-8-15(28)11-16(9-13)32-20-17(22)10-14(12-23-20)21(30)27-4-6-31-7-5-27/h2-3,8-12,28H,4-7H2,1H3,(H,24,25,29). The molecule has 0 saturated carbocycles. The third-order valence-corrected chi connectivity index (χ3v) is 4.95. The van der Waals surface area contributed by atoms with E-state index in [0.717, 1.165) is 0 Å². The van der Waals surface area contributed by atoms with E-state index in [4.69, 9.17) is 21.1 Å². The number of aryl methyl sites for hydroxylation is 1. The number of hydrogen-bond donors (Lipinski definition) is 2. The molecule has 0 aliphatic carbocycles. The molecular weight excluding hydrogens is 438 g/mol. The predicted octanol–water partition coefficient (Wildman–Crippen LogP) is 2.69. The molecule has 3 aromatic rings. The molecule has 1 fully saturated rings. The fourth-order valence-electron chi connectivity index (χ4n) is 3.12. The number of carbonyl (C=O) groups excluding carboxylic acids is 2. The number of ether oxygens (including phenoxy) is 2. The number of nitrogens with zero attached hydrogens (tertiary/aromatic N) is 4. The van der Waals surface area contributed by atoms with Crippen LogP contribution in [0, 0.1) is 0 Å². The van der Waals surface area contributed by atoms with Crippen LogP contribution in [-0.2, 0) is 11.8 Å². The van der Waals surface area contributed by atoms with Gasteiger partial charge in [-0.2, -0.15) is 5.10 Å². The van der Waals surface area contributed by atoms with Gasteiger partial charge in [0.05, 0.1) is 18.8 Å². The lowest BCUT2D eigenvalue weighted by molar-refractivity contribution is 0.0302. The highest BCUT2D eigenvalue weighted by Gasteiger charge is 2.20. The first kappa shape index (κ1) is 21.6. The molecule has 11 heteroatoms. The highest BCUT2D eigenvalue weighted by molar-refractivity contribution is 6.32. The molecule has 0 radical (unpaired) electrons. The van der Waals surface area contributed by atoms with Crippen molar-refractivity contribution in [1.29, 1.82) is 0 Å². The number of hydrogen-bond acceptors (Lipinski definition) is 7. The number of pyridine rings is 1. The van der Waals surface area contributed by atoms with Crippen molar-refractivity contribution in [2.45, 2.75) is 0 Å². The van der Waals surface area contributed by atoms with Gasteiger partial charge < -0.3 is 24.8 Å². The first-order chi connectivity index (χ1) is 15.4. The van der Waals surface area contributed by atoms with Crippen LogP contribution in [0.25, 0.3) is 0 Å². The second kappa shape index (κ2) is 9.25. The minimum atomic E-state index is -0.477. The number of aromatic hydroxyl groups is 1. The van der Waals surface area contributed by atoms with Crippen LogP contribution in [0.4, 0.5) is 5.82 Å². The maximum absolute atomic E-state index is 12.6. The molecule has 0 atom stereocenters. The zero-order chi connectivity index (χ0) is 22.7. The number of phenolic OH excluding ortho intramolecular Hbond substituents is 1. The van der Waals surface area contributed by atoms with E-state index in [-0.39, 0.29) is 33.9 Å². The molecule has 0 spiro atoms. The predicted molar refractivity (Wildman–Crippen MR) is 115 cm³/mol. The highest BCUT2D eigenvalue weighted by atomic mass is 35.5. The summed E-state index contributed by atoms with van der Waals surface area (Å²) >= 11 is 6.28. The Labute approximate surface area is 188 Å². The van der Waals surface area contributed by atoms with Crippen molar-refractivity contribution in [2.24, 2.45) is 7.05 Å². The maximum Gasteiger partial charge on any atom is 0.257 e. The Hall–Kier alpha value is -3.63. The Bertz CT molecular complexity index is 1160. The van der Waals surface area contributed by atoms with Gasteiger partial charge in [-0.25, -0.2) is 4.98 Å². The summed E-state index contributed by atoms with van der Waals surface area (Å²) in [7, 11) is 1.73. The minimum Gasteiger partial charge on any atom is -0.508 e. The van der Waals surface area contributed by atoms with Gasteiger partial charge in [0, 0.05) is 50.2 Å². The molecule has 0 bridgehead atoms. The lowest BCUT2D eigenvalue weighted by Gasteiger charge is -2.26. The summed E-state index contributed by atoms with van der Waals surface area (Å²) in [4.78, 5) is 30.9. The molecule has 10 nitrogen and oxygen atoms in total. The van der Waals surface area contributed by atoms with Crippen LogP contribution >= 0.6 is 11.6 Å². The molecule has 2 amide bonds. The van der Waals surface area contributed by atoms with E-state index >= 15 is 0 Å². The molecule has 4 rings (SSSR count). The van der Waals surface area contributed by atoms with Gasteiger partial charge in [-0.05, 0) is 18.2 Å². The van der Waals surface area contributed by atoms with Crippen LogP contribution in [-0.4, -0.2) is 62.9 Å². The zero-order valence-corrected chi connectivity index (χ0v) is 17.9. The molecule has 1 aromatic carbocycles. The normalized spacial score (nSPS) is 13.6. The SMILES string of the molecule is Cn1ccc(NC(=O)c2cc(O)cc(Oc3ncc(C(=O)N4CCOCC4)cc3Cl)c2)n1. The fraction of sp³-hybridized carbons (Fsp3) is 0.238. The van der Waals surface area contributed by atoms with Crippen molar-refractivity contribution in [3.63, 3.8) is 0 Å². The number of rotatable bonds is 5. The Kier molecular flexibility index (Phi) is 6.24.